The molecular weight excluding hydrogens is 270 g/mol. The highest BCUT2D eigenvalue weighted by Gasteiger charge is 2.18. The van der Waals surface area contributed by atoms with E-state index in [2.05, 4.69) is 4.74 Å². The first-order chi connectivity index (χ1) is 8.45. The zero-order valence-electron chi connectivity index (χ0n) is 9.45. The summed E-state index contributed by atoms with van der Waals surface area (Å²) in [7, 11) is 0. The Hall–Kier alpha value is -1.56. The van der Waals surface area contributed by atoms with Crippen molar-refractivity contribution < 1.29 is 28.2 Å². The Balaban J connectivity index is 3.13. The Bertz CT molecular complexity index is 437. The predicted octanol–water partition coefficient (Wildman–Crippen LogP) is 3.43. The fraction of sp³-hybridized carbons (Fsp3) is 0.364. The molecule has 1 aromatic carbocycles. The Morgan fingerprint density at radius 2 is 2.11 bits per heavy atom. The molecule has 100 valence electrons. The number of hydrogen-bond donors (Lipinski definition) is 1. The van der Waals surface area contributed by atoms with Crippen LogP contribution in [0.2, 0.25) is 5.02 Å². The lowest BCUT2D eigenvalue weighted by Crippen LogP contribution is -2.08. The van der Waals surface area contributed by atoms with Crippen molar-refractivity contribution in [2.45, 2.75) is 20.0 Å². The van der Waals surface area contributed by atoms with Crippen LogP contribution in [0.5, 0.6) is 11.5 Å². The molecule has 1 N–H and O–H groups in total. The smallest absolute Gasteiger partial charge is 0.387 e. The minimum atomic E-state index is -3.12. The zero-order valence-corrected chi connectivity index (χ0v) is 10.2. The number of alkyl halides is 2. The number of carboxylic acids is 1. The molecule has 0 heterocycles. The summed E-state index contributed by atoms with van der Waals surface area (Å²) in [6.07, 6.45) is 0.696. The van der Waals surface area contributed by atoms with E-state index < -0.39 is 23.9 Å². The van der Waals surface area contributed by atoms with Crippen LogP contribution in [0.15, 0.2) is 12.1 Å². The Labute approximate surface area is 107 Å². The van der Waals surface area contributed by atoms with Crippen LogP contribution in [0.25, 0.3) is 0 Å². The molecule has 0 aliphatic carbocycles. The summed E-state index contributed by atoms with van der Waals surface area (Å²) < 4.78 is 33.6. The van der Waals surface area contributed by atoms with Crippen molar-refractivity contribution >= 4 is 17.6 Å². The van der Waals surface area contributed by atoms with Gasteiger partial charge in [0.05, 0.1) is 11.6 Å². The fourth-order valence-electron chi connectivity index (χ4n) is 1.22. The van der Waals surface area contributed by atoms with E-state index in [0.717, 1.165) is 12.1 Å². The van der Waals surface area contributed by atoms with Crippen LogP contribution in [0.3, 0.4) is 0 Å². The minimum Gasteiger partial charge on any atom is -0.492 e. The SMILES string of the molecule is CCCOc1cc(OC(F)F)c(C(=O)O)cc1Cl. The molecule has 4 nitrogen and oxygen atoms in total. The molecule has 18 heavy (non-hydrogen) atoms. The summed E-state index contributed by atoms with van der Waals surface area (Å²) in [5.74, 6) is -1.78. The number of carboxylic acid groups (broad SMARTS) is 1. The molecule has 0 spiro atoms. The van der Waals surface area contributed by atoms with Gasteiger partial charge in [-0.15, -0.1) is 0 Å². The van der Waals surface area contributed by atoms with Crippen molar-refractivity contribution in [1.29, 1.82) is 0 Å². The second-order valence-electron chi connectivity index (χ2n) is 3.31. The van der Waals surface area contributed by atoms with E-state index in [-0.39, 0.29) is 10.8 Å². The van der Waals surface area contributed by atoms with Crippen LogP contribution in [0.1, 0.15) is 23.7 Å². The van der Waals surface area contributed by atoms with Crippen molar-refractivity contribution in [3.05, 3.63) is 22.7 Å². The Morgan fingerprint density at radius 3 is 2.61 bits per heavy atom. The highest BCUT2D eigenvalue weighted by molar-refractivity contribution is 6.32. The first kappa shape index (κ1) is 14.5. The number of hydrogen-bond acceptors (Lipinski definition) is 3. The predicted molar refractivity (Wildman–Crippen MR) is 60.8 cm³/mol. The number of halogens is 3. The number of carbonyl (C=O) groups is 1. The molecule has 7 heteroatoms. The summed E-state index contributed by atoms with van der Waals surface area (Å²) >= 11 is 5.79. The molecule has 0 aliphatic rings. The number of benzene rings is 1. The van der Waals surface area contributed by atoms with Crippen LogP contribution in [0, 0.1) is 0 Å². The average Bonchev–Trinajstić information content (AvgIpc) is 2.28. The standard InChI is InChI=1S/C11H11ClF2O4/c1-2-3-17-9-5-8(18-11(13)14)6(10(15)16)4-7(9)12/h4-5,11H,2-3H2,1H3,(H,15,16). The third-order valence-corrected chi connectivity index (χ3v) is 2.24. The lowest BCUT2D eigenvalue weighted by Gasteiger charge is -2.12. The van der Waals surface area contributed by atoms with Crippen molar-refractivity contribution in [1.82, 2.24) is 0 Å². The van der Waals surface area contributed by atoms with Gasteiger partial charge >= 0.3 is 12.6 Å². The van der Waals surface area contributed by atoms with Gasteiger partial charge < -0.3 is 14.6 Å². The lowest BCUT2D eigenvalue weighted by atomic mass is 10.2. The topological polar surface area (TPSA) is 55.8 Å². The molecule has 0 saturated heterocycles. The molecule has 1 rings (SSSR count). The van der Waals surface area contributed by atoms with E-state index in [0.29, 0.717) is 13.0 Å². The maximum Gasteiger partial charge on any atom is 0.387 e. The van der Waals surface area contributed by atoms with E-state index in [4.69, 9.17) is 21.4 Å². The quantitative estimate of drug-likeness (QED) is 0.867. The average molecular weight is 281 g/mol. The normalized spacial score (nSPS) is 10.5. The van der Waals surface area contributed by atoms with Crippen LogP contribution in [0.4, 0.5) is 8.78 Å². The molecule has 1 aromatic rings. The summed E-state index contributed by atoms with van der Waals surface area (Å²) in [5, 5.41) is 8.88. The molecule has 0 aromatic heterocycles. The van der Waals surface area contributed by atoms with Crippen LogP contribution in [-0.2, 0) is 0 Å². The number of ether oxygens (including phenoxy) is 2. The van der Waals surface area contributed by atoms with Gasteiger partial charge in [-0.2, -0.15) is 8.78 Å². The van der Waals surface area contributed by atoms with Gasteiger partial charge in [0.15, 0.2) is 0 Å². The monoisotopic (exact) mass is 280 g/mol. The van der Waals surface area contributed by atoms with E-state index >= 15 is 0 Å². The fourth-order valence-corrected chi connectivity index (χ4v) is 1.44. The summed E-state index contributed by atoms with van der Waals surface area (Å²) in [5.41, 5.74) is -0.441. The Kier molecular flexibility index (Phi) is 5.15. The van der Waals surface area contributed by atoms with Crippen LogP contribution < -0.4 is 9.47 Å². The van der Waals surface area contributed by atoms with Crippen molar-refractivity contribution in [2.24, 2.45) is 0 Å². The van der Waals surface area contributed by atoms with Gasteiger partial charge in [-0.1, -0.05) is 18.5 Å². The van der Waals surface area contributed by atoms with Crippen LogP contribution in [-0.4, -0.2) is 24.3 Å². The number of rotatable bonds is 6. The van der Waals surface area contributed by atoms with E-state index in [1.807, 2.05) is 6.92 Å². The highest BCUT2D eigenvalue weighted by atomic mass is 35.5. The van der Waals surface area contributed by atoms with Gasteiger partial charge in [0, 0.05) is 6.07 Å². The lowest BCUT2D eigenvalue weighted by molar-refractivity contribution is -0.0504. The summed E-state index contributed by atoms with van der Waals surface area (Å²) in [4.78, 5) is 10.9. The highest BCUT2D eigenvalue weighted by Crippen LogP contribution is 2.33. The largest absolute Gasteiger partial charge is 0.492 e. The molecule has 0 atom stereocenters. The van der Waals surface area contributed by atoms with Gasteiger partial charge in [-0.3, -0.25) is 0 Å². The second-order valence-corrected chi connectivity index (χ2v) is 3.72. The maximum absolute atomic E-state index is 12.2. The van der Waals surface area contributed by atoms with Gasteiger partial charge in [-0.05, 0) is 12.5 Å². The number of aromatic carboxylic acids is 1. The van der Waals surface area contributed by atoms with Crippen LogP contribution >= 0.6 is 11.6 Å². The molecule has 0 bridgehead atoms. The first-order valence-corrected chi connectivity index (χ1v) is 5.48. The van der Waals surface area contributed by atoms with Gasteiger partial charge in [0.25, 0.3) is 0 Å². The molecule has 0 unspecified atom stereocenters. The van der Waals surface area contributed by atoms with Crippen molar-refractivity contribution in [2.75, 3.05) is 6.61 Å². The molecule has 0 fully saturated rings. The van der Waals surface area contributed by atoms with Crippen molar-refractivity contribution in [3.63, 3.8) is 0 Å². The van der Waals surface area contributed by atoms with E-state index in [9.17, 15) is 13.6 Å². The molecule has 0 saturated carbocycles. The van der Waals surface area contributed by atoms with E-state index in [1.54, 1.807) is 0 Å². The maximum atomic E-state index is 12.2. The van der Waals surface area contributed by atoms with Crippen molar-refractivity contribution in [3.8, 4) is 11.5 Å². The Morgan fingerprint density at radius 1 is 1.44 bits per heavy atom. The van der Waals surface area contributed by atoms with Gasteiger partial charge in [0.1, 0.15) is 17.1 Å². The second kappa shape index (κ2) is 6.39. The molecular formula is C11H11ClF2O4. The molecule has 0 radical (unpaired) electrons. The third kappa shape index (κ3) is 3.73. The summed E-state index contributed by atoms with van der Waals surface area (Å²) in [6, 6.07) is 2.07. The minimum absolute atomic E-state index is 0.0301. The molecule has 0 amide bonds. The zero-order chi connectivity index (χ0) is 13.7. The van der Waals surface area contributed by atoms with Gasteiger partial charge in [-0.25, -0.2) is 4.79 Å². The van der Waals surface area contributed by atoms with Gasteiger partial charge in [0.2, 0.25) is 0 Å². The van der Waals surface area contributed by atoms with E-state index in [1.165, 1.54) is 0 Å². The third-order valence-electron chi connectivity index (χ3n) is 1.94. The summed E-state index contributed by atoms with van der Waals surface area (Å²) in [6.45, 7) is -0.931. The first-order valence-electron chi connectivity index (χ1n) is 5.10. The molecule has 0 aliphatic heterocycles.